The molecule has 3 aromatic rings. The number of carbonyl (C=O) groups excluding carboxylic acids is 2. The fourth-order valence-corrected chi connectivity index (χ4v) is 3.77. The first-order valence-electron chi connectivity index (χ1n) is 10.4. The van der Waals surface area contributed by atoms with Crippen molar-refractivity contribution in [2.45, 2.75) is 19.4 Å². The molecule has 8 nitrogen and oxygen atoms in total. The van der Waals surface area contributed by atoms with Gasteiger partial charge in [0.1, 0.15) is 17.9 Å². The molecule has 2 heterocycles. The second-order valence-electron chi connectivity index (χ2n) is 7.66. The van der Waals surface area contributed by atoms with E-state index in [9.17, 15) is 9.59 Å². The van der Waals surface area contributed by atoms with Crippen LogP contribution in [0.4, 0.5) is 5.82 Å². The number of amides is 2. The molecule has 4 rings (SSSR count). The molecule has 32 heavy (non-hydrogen) atoms. The lowest BCUT2D eigenvalue weighted by molar-refractivity contribution is 0.0956. The highest BCUT2D eigenvalue weighted by atomic mass is 16.5. The number of carbonyl (C=O) groups is 2. The summed E-state index contributed by atoms with van der Waals surface area (Å²) in [5, 5.41) is 8.81. The van der Waals surface area contributed by atoms with Gasteiger partial charge >= 0.3 is 0 Å². The van der Waals surface area contributed by atoms with E-state index in [0.29, 0.717) is 35.8 Å². The lowest BCUT2D eigenvalue weighted by Gasteiger charge is -2.17. The number of nitrogens with zero attached hydrogens (tertiary/aromatic N) is 2. The largest absolute Gasteiger partial charge is 0.496 e. The molecule has 0 fully saturated rings. The number of hydrogen-bond donors (Lipinski definition) is 3. The third kappa shape index (κ3) is 4.25. The van der Waals surface area contributed by atoms with Gasteiger partial charge in [0, 0.05) is 48.8 Å². The lowest BCUT2D eigenvalue weighted by atomic mass is 9.98. The van der Waals surface area contributed by atoms with Crippen LogP contribution < -0.4 is 20.7 Å². The van der Waals surface area contributed by atoms with Crippen LogP contribution in [0.5, 0.6) is 5.75 Å². The molecule has 0 saturated carbocycles. The van der Waals surface area contributed by atoms with E-state index in [0.717, 1.165) is 22.4 Å². The smallest absolute Gasteiger partial charge is 0.251 e. The van der Waals surface area contributed by atoms with Crippen LogP contribution in [0.1, 0.15) is 44.7 Å². The molecule has 164 valence electrons. The highest BCUT2D eigenvalue weighted by molar-refractivity contribution is 5.98. The number of anilines is 1. The Kier molecular flexibility index (Phi) is 6.02. The molecular formula is C24H25N5O3. The summed E-state index contributed by atoms with van der Waals surface area (Å²) in [6.45, 7) is 3.24. The average Bonchev–Trinajstić information content (AvgIpc) is 3.21. The van der Waals surface area contributed by atoms with Crippen molar-refractivity contribution in [2.75, 3.05) is 26.0 Å². The second kappa shape index (κ2) is 9.05. The minimum atomic E-state index is -0.152. The zero-order valence-corrected chi connectivity index (χ0v) is 18.2. The minimum absolute atomic E-state index is 0.0376. The number of hydrogen-bond acceptors (Lipinski definition) is 6. The molecule has 0 unspecified atom stereocenters. The fourth-order valence-electron chi connectivity index (χ4n) is 3.77. The zero-order chi connectivity index (χ0) is 22.7. The maximum Gasteiger partial charge on any atom is 0.251 e. The molecule has 8 heteroatoms. The maximum atomic E-state index is 11.9. The van der Waals surface area contributed by atoms with Gasteiger partial charge in [-0.25, -0.2) is 9.97 Å². The van der Waals surface area contributed by atoms with Gasteiger partial charge < -0.3 is 20.7 Å². The van der Waals surface area contributed by atoms with Gasteiger partial charge in [-0.2, -0.15) is 0 Å². The normalized spacial score (nSPS) is 13.2. The highest BCUT2D eigenvalue weighted by Gasteiger charge is 2.19. The van der Waals surface area contributed by atoms with E-state index >= 15 is 0 Å². The zero-order valence-electron chi connectivity index (χ0n) is 18.2. The van der Waals surface area contributed by atoms with Gasteiger partial charge in [-0.05, 0) is 35.4 Å². The number of rotatable bonds is 7. The summed E-state index contributed by atoms with van der Waals surface area (Å²) < 4.78 is 5.51. The van der Waals surface area contributed by atoms with Gasteiger partial charge in [-0.15, -0.1) is 0 Å². The number of nitrogens with one attached hydrogen (secondary N) is 3. The van der Waals surface area contributed by atoms with E-state index in [4.69, 9.17) is 4.74 Å². The number of ether oxygens (including phenoxy) is 1. The van der Waals surface area contributed by atoms with E-state index in [2.05, 4.69) is 32.8 Å². The van der Waals surface area contributed by atoms with E-state index in [1.54, 1.807) is 26.3 Å². The minimum Gasteiger partial charge on any atom is -0.496 e. The fraction of sp³-hybridized carbons (Fsp3) is 0.250. The van der Waals surface area contributed by atoms with E-state index in [1.165, 1.54) is 6.33 Å². The molecule has 0 radical (unpaired) electrons. The van der Waals surface area contributed by atoms with Gasteiger partial charge in [-0.1, -0.05) is 19.1 Å². The summed E-state index contributed by atoms with van der Waals surface area (Å²) in [6, 6.07) is 13.1. The average molecular weight is 431 g/mol. The molecule has 0 saturated heterocycles. The third-order valence-electron chi connectivity index (χ3n) is 5.60. The summed E-state index contributed by atoms with van der Waals surface area (Å²) in [7, 11) is 3.20. The second-order valence-corrected chi connectivity index (χ2v) is 7.66. The van der Waals surface area contributed by atoms with Crippen molar-refractivity contribution in [3.8, 4) is 17.0 Å². The van der Waals surface area contributed by atoms with Crippen LogP contribution in [0, 0.1) is 0 Å². The molecule has 2 aromatic carbocycles. The Labute approximate surface area is 186 Å². The van der Waals surface area contributed by atoms with Crippen LogP contribution in [-0.4, -0.2) is 42.5 Å². The van der Waals surface area contributed by atoms with Gasteiger partial charge in [0.15, 0.2) is 0 Å². The van der Waals surface area contributed by atoms with Crippen molar-refractivity contribution in [3.05, 3.63) is 71.0 Å². The van der Waals surface area contributed by atoms with E-state index in [1.807, 2.05) is 30.3 Å². The van der Waals surface area contributed by atoms with Crippen molar-refractivity contribution in [1.29, 1.82) is 0 Å². The number of methoxy groups -OCH3 is 1. The molecule has 1 aromatic heterocycles. The Hall–Kier alpha value is -3.94. The topological polar surface area (TPSA) is 105 Å². The van der Waals surface area contributed by atoms with E-state index in [-0.39, 0.29) is 17.7 Å². The van der Waals surface area contributed by atoms with Crippen LogP contribution >= 0.6 is 0 Å². The summed E-state index contributed by atoms with van der Waals surface area (Å²) in [5.41, 5.74) is 4.96. The molecule has 2 amide bonds. The third-order valence-corrected chi connectivity index (χ3v) is 5.60. The first-order valence-corrected chi connectivity index (χ1v) is 10.4. The van der Waals surface area contributed by atoms with Crippen molar-refractivity contribution >= 4 is 17.6 Å². The summed E-state index contributed by atoms with van der Waals surface area (Å²) in [5.74, 6) is 1.30. The Morgan fingerprint density at radius 2 is 2.03 bits per heavy atom. The highest BCUT2D eigenvalue weighted by Crippen LogP contribution is 2.29. The van der Waals surface area contributed by atoms with Crippen molar-refractivity contribution < 1.29 is 14.3 Å². The molecule has 0 bridgehead atoms. The van der Waals surface area contributed by atoms with Crippen molar-refractivity contribution in [1.82, 2.24) is 20.6 Å². The standard InChI is InChI=1S/C24H25N5O3/c1-14(18-6-5-16(23(30)25-2)9-21(18)32-3)11-26-22-10-20(28-13-29-22)15-4-7-19-17(8-15)12-27-24(19)31/h4-10,13-14H,11-12H2,1-3H3,(H,25,30)(H,27,31)(H,26,28,29)/t14-/m1/s1. The van der Waals surface area contributed by atoms with Crippen molar-refractivity contribution in [2.24, 2.45) is 0 Å². The predicted molar refractivity (Wildman–Crippen MR) is 122 cm³/mol. The van der Waals surface area contributed by atoms with Crippen LogP contribution in [0.15, 0.2) is 48.8 Å². The van der Waals surface area contributed by atoms with Gasteiger partial charge in [-0.3, -0.25) is 9.59 Å². The Bertz CT molecular complexity index is 1180. The van der Waals surface area contributed by atoms with Gasteiger partial charge in [0.05, 0.1) is 12.8 Å². The van der Waals surface area contributed by atoms with Crippen LogP contribution in [0.3, 0.4) is 0 Å². The van der Waals surface area contributed by atoms with Crippen molar-refractivity contribution in [3.63, 3.8) is 0 Å². The number of fused-ring (bicyclic) bond motifs is 1. The van der Waals surface area contributed by atoms with Crippen LogP contribution in [-0.2, 0) is 6.54 Å². The van der Waals surface area contributed by atoms with E-state index < -0.39 is 0 Å². The van der Waals surface area contributed by atoms with Gasteiger partial charge in [0.2, 0.25) is 0 Å². The molecular weight excluding hydrogens is 406 g/mol. The molecule has 1 aliphatic rings. The predicted octanol–water partition coefficient (Wildman–Crippen LogP) is 2.97. The molecule has 1 atom stereocenters. The summed E-state index contributed by atoms with van der Waals surface area (Å²) in [6.07, 6.45) is 1.53. The monoisotopic (exact) mass is 431 g/mol. The Balaban J connectivity index is 1.48. The Morgan fingerprint density at radius 1 is 1.19 bits per heavy atom. The summed E-state index contributed by atoms with van der Waals surface area (Å²) in [4.78, 5) is 32.4. The molecule has 1 aliphatic heterocycles. The molecule has 3 N–H and O–H groups in total. The first kappa shape index (κ1) is 21.3. The number of aromatic nitrogens is 2. The molecule has 0 aliphatic carbocycles. The first-order chi connectivity index (χ1) is 15.5. The lowest BCUT2D eigenvalue weighted by Crippen LogP contribution is -2.18. The Morgan fingerprint density at radius 3 is 2.81 bits per heavy atom. The summed E-state index contributed by atoms with van der Waals surface area (Å²) >= 11 is 0. The van der Waals surface area contributed by atoms with Crippen LogP contribution in [0.2, 0.25) is 0 Å². The van der Waals surface area contributed by atoms with Crippen LogP contribution in [0.25, 0.3) is 11.3 Å². The van der Waals surface area contributed by atoms with Gasteiger partial charge in [0.25, 0.3) is 11.8 Å². The SMILES string of the molecule is CNC(=O)c1ccc([C@H](C)CNc2cc(-c3ccc4c(c3)CNC4=O)ncn2)c(OC)c1. The quantitative estimate of drug-likeness (QED) is 0.531. The molecule has 0 spiro atoms. The maximum absolute atomic E-state index is 11.9. The number of benzene rings is 2.